The number of hydrogen-bond acceptors (Lipinski definition) is 2. The van der Waals surface area contributed by atoms with E-state index in [9.17, 15) is 0 Å². The van der Waals surface area contributed by atoms with Gasteiger partial charge in [0.2, 0.25) is 0 Å². The molecular formula is C27H37N3O. The van der Waals surface area contributed by atoms with Crippen LogP contribution in [0.4, 0.5) is 0 Å². The molecular weight excluding hydrogens is 382 g/mol. The normalized spacial score (nSPS) is 14.7. The Morgan fingerprint density at radius 1 is 0.968 bits per heavy atom. The largest absolute Gasteiger partial charge is 0.492 e. The Labute approximate surface area is 187 Å². The molecule has 31 heavy (non-hydrogen) atoms. The van der Waals surface area contributed by atoms with Crippen LogP contribution in [0.2, 0.25) is 0 Å². The first-order chi connectivity index (χ1) is 15.2. The number of aliphatic imine (C=N–C) groups is 1. The van der Waals surface area contributed by atoms with Gasteiger partial charge in [0, 0.05) is 23.2 Å². The van der Waals surface area contributed by atoms with Crippen LogP contribution in [0.3, 0.4) is 0 Å². The summed E-state index contributed by atoms with van der Waals surface area (Å²) in [4.78, 5) is 11.7. The molecule has 0 aliphatic carbocycles. The predicted octanol–water partition coefficient (Wildman–Crippen LogP) is 7.26. The molecule has 2 N–H and O–H groups in total. The molecule has 3 rings (SSSR count). The van der Waals surface area contributed by atoms with Gasteiger partial charge >= 0.3 is 0 Å². The molecule has 0 unspecified atom stereocenters. The number of aryl methyl sites for hydroxylation is 2. The number of ether oxygens (including phenoxy) is 1. The summed E-state index contributed by atoms with van der Waals surface area (Å²) in [6.45, 7) is 8.46. The van der Waals surface area contributed by atoms with E-state index in [1.807, 2.05) is 26.0 Å². The van der Waals surface area contributed by atoms with Crippen molar-refractivity contribution in [2.75, 3.05) is 6.61 Å². The molecule has 2 aromatic rings. The number of aromatic nitrogens is 2. The summed E-state index contributed by atoms with van der Waals surface area (Å²) in [6.07, 6.45) is 17.6. The molecule has 0 aromatic carbocycles. The third kappa shape index (κ3) is 7.16. The van der Waals surface area contributed by atoms with Crippen molar-refractivity contribution in [3.8, 4) is 0 Å². The van der Waals surface area contributed by atoms with Crippen molar-refractivity contribution in [2.24, 2.45) is 4.99 Å². The maximum atomic E-state index is 5.83. The standard InChI is InChI=1S/C27H37N3O/c1-4-6-7-8-9-10-11-12-13-14-22-16-17-23(29-22)19-26-27(31-5-2)20-25(30-26)24-18-15-21(3)28-24/h4,15-20,28-29H,1,5-14H2,2-3H3. The second kappa shape index (κ2) is 12.2. The quantitative estimate of drug-likeness (QED) is 0.246. The zero-order valence-corrected chi connectivity index (χ0v) is 19.2. The Morgan fingerprint density at radius 2 is 1.74 bits per heavy atom. The first-order valence-electron chi connectivity index (χ1n) is 11.8. The van der Waals surface area contributed by atoms with E-state index >= 15 is 0 Å². The molecule has 0 bridgehead atoms. The van der Waals surface area contributed by atoms with Gasteiger partial charge < -0.3 is 14.7 Å². The molecule has 166 valence electrons. The van der Waals surface area contributed by atoms with Gasteiger partial charge in [-0.15, -0.1) is 6.58 Å². The average molecular weight is 420 g/mol. The summed E-state index contributed by atoms with van der Waals surface area (Å²) in [5, 5.41) is 0. The van der Waals surface area contributed by atoms with Crippen LogP contribution in [-0.2, 0) is 11.2 Å². The number of allylic oxidation sites excluding steroid dienone is 2. The van der Waals surface area contributed by atoms with Crippen molar-refractivity contribution in [2.45, 2.75) is 71.6 Å². The third-order valence-corrected chi connectivity index (χ3v) is 5.58. The minimum absolute atomic E-state index is 0.625. The highest BCUT2D eigenvalue weighted by atomic mass is 16.5. The molecule has 3 heterocycles. The fraction of sp³-hybridized carbons (Fsp3) is 0.444. The van der Waals surface area contributed by atoms with Gasteiger partial charge in [0.25, 0.3) is 0 Å². The number of hydrogen-bond donors (Lipinski definition) is 2. The van der Waals surface area contributed by atoms with Gasteiger partial charge in [-0.3, -0.25) is 0 Å². The van der Waals surface area contributed by atoms with E-state index in [4.69, 9.17) is 9.73 Å². The van der Waals surface area contributed by atoms with Crippen LogP contribution in [0.5, 0.6) is 0 Å². The molecule has 0 fully saturated rings. The lowest BCUT2D eigenvalue weighted by Gasteiger charge is -2.04. The topological polar surface area (TPSA) is 53.2 Å². The van der Waals surface area contributed by atoms with Crippen molar-refractivity contribution in [3.63, 3.8) is 0 Å². The highest BCUT2D eigenvalue weighted by Gasteiger charge is 2.18. The summed E-state index contributed by atoms with van der Waals surface area (Å²) in [6, 6.07) is 8.45. The lowest BCUT2D eigenvalue weighted by atomic mass is 10.1. The lowest BCUT2D eigenvalue weighted by Crippen LogP contribution is -1.94. The molecule has 1 aliphatic rings. The smallest absolute Gasteiger partial charge is 0.147 e. The van der Waals surface area contributed by atoms with Crippen molar-refractivity contribution in [1.29, 1.82) is 0 Å². The van der Waals surface area contributed by atoms with Gasteiger partial charge in [-0.1, -0.05) is 38.2 Å². The van der Waals surface area contributed by atoms with Gasteiger partial charge in [0.15, 0.2) is 0 Å². The Morgan fingerprint density at radius 3 is 2.45 bits per heavy atom. The van der Waals surface area contributed by atoms with Crippen LogP contribution in [0.15, 0.2) is 59.4 Å². The summed E-state index contributed by atoms with van der Waals surface area (Å²) in [5.41, 5.74) is 6.30. The second-order valence-corrected chi connectivity index (χ2v) is 8.26. The predicted molar refractivity (Wildman–Crippen MR) is 131 cm³/mol. The molecule has 4 nitrogen and oxygen atoms in total. The molecule has 1 aliphatic heterocycles. The van der Waals surface area contributed by atoms with Crippen molar-refractivity contribution < 1.29 is 4.74 Å². The fourth-order valence-corrected chi connectivity index (χ4v) is 3.91. The number of nitrogens with zero attached hydrogens (tertiary/aromatic N) is 1. The van der Waals surface area contributed by atoms with Gasteiger partial charge in [-0.2, -0.15) is 0 Å². The molecule has 0 radical (unpaired) electrons. The highest BCUT2D eigenvalue weighted by Crippen LogP contribution is 2.25. The monoisotopic (exact) mass is 419 g/mol. The van der Waals surface area contributed by atoms with E-state index in [0.717, 1.165) is 47.1 Å². The van der Waals surface area contributed by atoms with E-state index in [1.165, 1.54) is 50.6 Å². The molecule has 0 saturated heterocycles. The molecule has 0 spiro atoms. The van der Waals surface area contributed by atoms with Gasteiger partial charge in [0.1, 0.15) is 11.5 Å². The molecule has 0 saturated carbocycles. The van der Waals surface area contributed by atoms with Crippen LogP contribution < -0.4 is 0 Å². The number of nitrogens with one attached hydrogen (secondary N) is 2. The molecule has 0 atom stereocenters. The average Bonchev–Trinajstić information content (AvgIpc) is 3.48. The third-order valence-electron chi connectivity index (χ3n) is 5.58. The minimum Gasteiger partial charge on any atom is -0.492 e. The zero-order valence-electron chi connectivity index (χ0n) is 19.2. The fourth-order valence-electron chi connectivity index (χ4n) is 3.91. The minimum atomic E-state index is 0.625. The van der Waals surface area contributed by atoms with Crippen molar-refractivity contribution in [3.05, 3.63) is 77.2 Å². The van der Waals surface area contributed by atoms with Crippen LogP contribution in [0.1, 0.15) is 81.1 Å². The number of unbranched alkanes of at least 4 members (excludes halogenated alkanes) is 7. The van der Waals surface area contributed by atoms with E-state index in [0.29, 0.717) is 6.61 Å². The Hall–Kier alpha value is -2.75. The summed E-state index contributed by atoms with van der Waals surface area (Å²) < 4.78 is 5.83. The van der Waals surface area contributed by atoms with E-state index in [-0.39, 0.29) is 0 Å². The summed E-state index contributed by atoms with van der Waals surface area (Å²) >= 11 is 0. The van der Waals surface area contributed by atoms with Crippen molar-refractivity contribution >= 4 is 11.8 Å². The maximum Gasteiger partial charge on any atom is 0.147 e. The van der Waals surface area contributed by atoms with E-state index < -0.39 is 0 Å². The Kier molecular flexibility index (Phi) is 9.01. The molecule has 4 heteroatoms. The molecule has 2 aromatic heterocycles. The van der Waals surface area contributed by atoms with Gasteiger partial charge in [0.05, 0.1) is 18.0 Å². The molecule has 0 amide bonds. The number of aromatic amines is 2. The van der Waals surface area contributed by atoms with Crippen LogP contribution in [0.25, 0.3) is 6.08 Å². The maximum absolute atomic E-state index is 5.83. The Bertz CT molecular complexity index is 926. The summed E-state index contributed by atoms with van der Waals surface area (Å²) in [5.74, 6) is 0.828. The second-order valence-electron chi connectivity index (χ2n) is 8.26. The van der Waals surface area contributed by atoms with Gasteiger partial charge in [-0.25, -0.2) is 4.99 Å². The van der Waals surface area contributed by atoms with Crippen LogP contribution in [-0.4, -0.2) is 22.3 Å². The Balaban J connectivity index is 1.50. The number of H-pyrrole nitrogens is 2. The van der Waals surface area contributed by atoms with Gasteiger partial charge in [-0.05, 0) is 69.9 Å². The van der Waals surface area contributed by atoms with Crippen LogP contribution >= 0.6 is 0 Å². The van der Waals surface area contributed by atoms with E-state index in [2.05, 4.69) is 46.9 Å². The van der Waals surface area contributed by atoms with E-state index in [1.54, 1.807) is 0 Å². The first-order valence-corrected chi connectivity index (χ1v) is 11.8. The zero-order chi connectivity index (χ0) is 21.9. The lowest BCUT2D eigenvalue weighted by molar-refractivity contribution is 0.239. The first kappa shape index (κ1) is 22.9. The SMILES string of the molecule is C=CCCCCCCCCCc1ccc(C=C2N=C(c3ccc(C)[nH]3)C=C2OCC)[nH]1. The van der Waals surface area contributed by atoms with Crippen LogP contribution in [0, 0.1) is 6.92 Å². The number of rotatable bonds is 14. The van der Waals surface area contributed by atoms with Crippen molar-refractivity contribution in [1.82, 2.24) is 9.97 Å². The highest BCUT2D eigenvalue weighted by molar-refractivity contribution is 6.11. The summed E-state index contributed by atoms with van der Waals surface area (Å²) in [7, 11) is 0.